The van der Waals surface area contributed by atoms with E-state index in [1.165, 1.54) is 36.6 Å². The third-order valence-corrected chi connectivity index (χ3v) is 2.61. The maximum absolute atomic E-state index is 12.9. The first kappa shape index (κ1) is 12.9. The lowest BCUT2D eigenvalue weighted by atomic mass is 10.1. The van der Waals surface area contributed by atoms with Crippen molar-refractivity contribution in [1.82, 2.24) is 9.55 Å². The molecule has 0 saturated heterocycles. The summed E-state index contributed by atoms with van der Waals surface area (Å²) in [6, 6.07) is 0. The molecule has 0 spiro atoms. The third kappa shape index (κ3) is 4.13. The highest BCUT2D eigenvalue weighted by Gasteiger charge is 2.01. The van der Waals surface area contributed by atoms with Gasteiger partial charge in [-0.1, -0.05) is 39.0 Å². The van der Waals surface area contributed by atoms with E-state index in [-0.39, 0.29) is 0 Å². The van der Waals surface area contributed by atoms with Crippen molar-refractivity contribution in [2.24, 2.45) is 0 Å². The maximum atomic E-state index is 12.9. The lowest BCUT2D eigenvalue weighted by molar-refractivity contribution is 0.515. The van der Waals surface area contributed by atoms with E-state index >= 15 is 0 Å². The largest absolute Gasteiger partial charge is 0.297 e. The van der Waals surface area contributed by atoms with Crippen LogP contribution in [0.4, 0.5) is 4.39 Å². The van der Waals surface area contributed by atoms with Gasteiger partial charge in [0, 0.05) is 6.54 Å². The summed E-state index contributed by atoms with van der Waals surface area (Å²) >= 11 is 0. The second-order valence-corrected chi connectivity index (χ2v) is 4.01. The zero-order chi connectivity index (χ0) is 11.8. The fourth-order valence-electron chi connectivity index (χ4n) is 1.65. The number of nitrogens with zero attached hydrogens (tertiary/aromatic N) is 2. The Labute approximate surface area is 95.3 Å². The number of halogens is 1. The molecule has 1 heterocycles. The van der Waals surface area contributed by atoms with Crippen molar-refractivity contribution in [3.63, 3.8) is 0 Å². The zero-order valence-corrected chi connectivity index (χ0v) is 9.79. The third-order valence-electron chi connectivity index (χ3n) is 2.61. The summed E-state index contributed by atoms with van der Waals surface area (Å²) in [6.07, 6.45) is 9.28. The minimum absolute atomic E-state index is 0.565. The summed E-state index contributed by atoms with van der Waals surface area (Å²) in [7, 11) is 0. The minimum Gasteiger partial charge on any atom is -0.297 e. The topological polar surface area (TPSA) is 34.9 Å². The van der Waals surface area contributed by atoms with Crippen LogP contribution in [0, 0.1) is 5.82 Å². The van der Waals surface area contributed by atoms with Gasteiger partial charge in [-0.15, -0.1) is 0 Å². The first-order valence-corrected chi connectivity index (χ1v) is 5.95. The Morgan fingerprint density at radius 3 is 2.69 bits per heavy atom. The fraction of sp³-hybridized carbons (Fsp3) is 0.667. The molecule has 1 aromatic heterocycles. The van der Waals surface area contributed by atoms with Crippen LogP contribution >= 0.6 is 0 Å². The van der Waals surface area contributed by atoms with Gasteiger partial charge in [-0.05, 0) is 6.42 Å². The van der Waals surface area contributed by atoms with Crippen molar-refractivity contribution in [3.05, 3.63) is 28.7 Å². The lowest BCUT2D eigenvalue weighted by Gasteiger charge is -2.04. The summed E-state index contributed by atoms with van der Waals surface area (Å²) in [6.45, 7) is 2.74. The summed E-state index contributed by atoms with van der Waals surface area (Å²) in [4.78, 5) is 14.9. The van der Waals surface area contributed by atoms with E-state index in [2.05, 4.69) is 11.9 Å². The predicted molar refractivity (Wildman–Crippen MR) is 61.8 cm³/mol. The van der Waals surface area contributed by atoms with Gasteiger partial charge in [-0.3, -0.25) is 9.36 Å². The molecule has 0 aliphatic rings. The number of rotatable bonds is 7. The van der Waals surface area contributed by atoms with Crippen LogP contribution in [0.1, 0.15) is 45.4 Å². The van der Waals surface area contributed by atoms with Crippen LogP contribution < -0.4 is 5.56 Å². The molecule has 0 unspecified atom stereocenters. The Kier molecular flexibility index (Phi) is 5.75. The van der Waals surface area contributed by atoms with Gasteiger partial charge in [0.25, 0.3) is 5.56 Å². The highest BCUT2D eigenvalue weighted by molar-refractivity contribution is 4.86. The Bertz CT molecular complexity index is 362. The van der Waals surface area contributed by atoms with Gasteiger partial charge in [-0.25, -0.2) is 4.98 Å². The van der Waals surface area contributed by atoms with E-state index in [0.29, 0.717) is 6.54 Å². The SMILES string of the molecule is CCCCCCCCn1cncc(F)c1=O. The number of aryl methyl sites for hydroxylation is 1. The summed E-state index contributed by atoms with van der Waals surface area (Å²) in [5.41, 5.74) is -0.566. The number of hydrogen-bond acceptors (Lipinski definition) is 2. The van der Waals surface area contributed by atoms with Crippen LogP contribution in [0.5, 0.6) is 0 Å². The highest BCUT2D eigenvalue weighted by atomic mass is 19.1. The van der Waals surface area contributed by atoms with E-state index in [1.807, 2.05) is 0 Å². The van der Waals surface area contributed by atoms with Gasteiger partial charge in [0.05, 0.1) is 12.5 Å². The van der Waals surface area contributed by atoms with E-state index in [1.54, 1.807) is 0 Å². The van der Waals surface area contributed by atoms with E-state index in [0.717, 1.165) is 19.0 Å². The highest BCUT2D eigenvalue weighted by Crippen LogP contribution is 2.05. The predicted octanol–water partition coefficient (Wildman–Crippen LogP) is 2.74. The molecule has 0 amide bonds. The van der Waals surface area contributed by atoms with Gasteiger partial charge in [0.15, 0.2) is 0 Å². The lowest BCUT2D eigenvalue weighted by Crippen LogP contribution is -2.23. The van der Waals surface area contributed by atoms with E-state index in [9.17, 15) is 9.18 Å². The van der Waals surface area contributed by atoms with Gasteiger partial charge in [0.1, 0.15) is 0 Å². The molecule has 0 bridgehead atoms. The van der Waals surface area contributed by atoms with Crippen LogP contribution in [-0.2, 0) is 6.54 Å². The van der Waals surface area contributed by atoms with Crippen molar-refractivity contribution in [2.75, 3.05) is 0 Å². The smallest absolute Gasteiger partial charge is 0.289 e. The number of unbranched alkanes of at least 4 members (excludes halogenated alkanes) is 5. The molecule has 0 aliphatic carbocycles. The van der Waals surface area contributed by atoms with Gasteiger partial charge in [-0.2, -0.15) is 4.39 Å². The standard InChI is InChI=1S/C12H19FN2O/c1-2-3-4-5-6-7-8-15-10-14-9-11(13)12(15)16/h9-10H,2-8H2,1H3. The van der Waals surface area contributed by atoms with Crippen LogP contribution in [0.3, 0.4) is 0 Å². The average Bonchev–Trinajstić information content (AvgIpc) is 2.29. The Balaban J connectivity index is 2.27. The molecule has 1 rings (SSSR count). The first-order chi connectivity index (χ1) is 7.75. The molecule has 0 atom stereocenters. The van der Waals surface area contributed by atoms with Crippen molar-refractivity contribution < 1.29 is 4.39 Å². The van der Waals surface area contributed by atoms with Crippen molar-refractivity contribution in [1.29, 1.82) is 0 Å². The van der Waals surface area contributed by atoms with Gasteiger partial charge in [0.2, 0.25) is 5.82 Å². The minimum atomic E-state index is -0.770. The average molecular weight is 226 g/mol. The molecule has 0 fully saturated rings. The molecule has 16 heavy (non-hydrogen) atoms. The zero-order valence-electron chi connectivity index (χ0n) is 9.79. The van der Waals surface area contributed by atoms with Crippen LogP contribution in [0.25, 0.3) is 0 Å². The molecule has 4 heteroatoms. The monoisotopic (exact) mass is 226 g/mol. The summed E-state index contributed by atoms with van der Waals surface area (Å²) in [5.74, 6) is -0.770. The fourth-order valence-corrected chi connectivity index (χ4v) is 1.65. The summed E-state index contributed by atoms with van der Waals surface area (Å²) < 4.78 is 14.2. The Morgan fingerprint density at radius 2 is 1.94 bits per heavy atom. The first-order valence-electron chi connectivity index (χ1n) is 5.95. The molecular weight excluding hydrogens is 207 g/mol. The molecule has 0 aliphatic heterocycles. The molecule has 0 N–H and O–H groups in total. The molecular formula is C12H19FN2O. The van der Waals surface area contributed by atoms with E-state index in [4.69, 9.17) is 0 Å². The van der Waals surface area contributed by atoms with Gasteiger partial charge >= 0.3 is 0 Å². The number of hydrogen-bond donors (Lipinski definition) is 0. The van der Waals surface area contributed by atoms with Crippen LogP contribution in [0.2, 0.25) is 0 Å². The van der Waals surface area contributed by atoms with Crippen LogP contribution in [0.15, 0.2) is 17.3 Å². The van der Waals surface area contributed by atoms with Crippen molar-refractivity contribution >= 4 is 0 Å². The van der Waals surface area contributed by atoms with E-state index < -0.39 is 11.4 Å². The maximum Gasteiger partial charge on any atom is 0.289 e. The quantitative estimate of drug-likeness (QED) is 0.670. The van der Waals surface area contributed by atoms with Crippen molar-refractivity contribution in [2.45, 2.75) is 52.0 Å². The van der Waals surface area contributed by atoms with Gasteiger partial charge < -0.3 is 0 Å². The molecule has 0 saturated carbocycles. The molecule has 0 aromatic carbocycles. The normalized spacial score (nSPS) is 10.6. The van der Waals surface area contributed by atoms with Crippen LogP contribution in [-0.4, -0.2) is 9.55 Å². The molecule has 0 radical (unpaired) electrons. The second-order valence-electron chi connectivity index (χ2n) is 4.01. The van der Waals surface area contributed by atoms with Crippen molar-refractivity contribution in [3.8, 4) is 0 Å². The molecule has 3 nitrogen and oxygen atoms in total. The summed E-state index contributed by atoms with van der Waals surface area (Å²) in [5, 5.41) is 0. The molecule has 90 valence electrons. The second kappa shape index (κ2) is 7.14. The Morgan fingerprint density at radius 1 is 1.25 bits per heavy atom. The Hall–Kier alpha value is -1.19. The number of aromatic nitrogens is 2. The molecule has 1 aromatic rings.